The van der Waals surface area contributed by atoms with E-state index in [1.54, 1.807) is 32.6 Å². The number of nitrogens with one attached hydrogen (secondary N) is 1. The van der Waals surface area contributed by atoms with Crippen LogP contribution in [-0.4, -0.2) is 35.8 Å². The predicted octanol–water partition coefficient (Wildman–Crippen LogP) is 4.53. The van der Waals surface area contributed by atoms with Crippen molar-refractivity contribution in [3.05, 3.63) is 47.3 Å². The highest BCUT2D eigenvalue weighted by molar-refractivity contribution is 5.90. The molecule has 3 aromatic rings. The van der Waals surface area contributed by atoms with Crippen molar-refractivity contribution in [3.8, 4) is 17.2 Å². The van der Waals surface area contributed by atoms with Gasteiger partial charge >= 0.3 is 6.09 Å². The molecule has 160 valence electrons. The number of hydrogen-bond acceptors (Lipinski definition) is 6. The van der Waals surface area contributed by atoms with Crippen molar-refractivity contribution >= 4 is 23.2 Å². The Morgan fingerprint density at radius 3 is 2.61 bits per heavy atom. The fourth-order valence-electron chi connectivity index (χ4n) is 3.65. The van der Waals surface area contributed by atoms with Gasteiger partial charge in [-0.2, -0.15) is 10.2 Å². The molecule has 0 radical (unpaired) electrons. The molecule has 0 atom stereocenters. The molecule has 1 fully saturated rings. The molecule has 2 aromatic carbocycles. The molecule has 0 unspecified atom stereocenters. The van der Waals surface area contributed by atoms with Gasteiger partial charge in [-0.1, -0.05) is 30.3 Å². The quantitative estimate of drug-likeness (QED) is 0.667. The molecule has 1 amide bonds. The molecule has 7 nitrogen and oxygen atoms in total. The maximum Gasteiger partial charge on any atom is 0.407 e. The number of aromatic nitrogens is 1. The molecule has 0 saturated carbocycles. The Morgan fingerprint density at radius 1 is 1.32 bits per heavy atom. The number of fused-ring (bicyclic) bond motifs is 1. The highest BCUT2D eigenvalue weighted by Crippen LogP contribution is 2.37. The van der Waals surface area contributed by atoms with Crippen molar-refractivity contribution in [2.45, 2.75) is 39.3 Å². The van der Waals surface area contributed by atoms with Crippen molar-refractivity contribution in [1.29, 1.82) is 5.26 Å². The van der Waals surface area contributed by atoms with Crippen molar-refractivity contribution in [2.24, 2.45) is 0 Å². The molecule has 1 aliphatic heterocycles. The molecular formula is C23H23FN4O3. The summed E-state index contributed by atoms with van der Waals surface area (Å²) < 4.78 is 26.1. The van der Waals surface area contributed by atoms with Crippen LogP contribution in [0.4, 0.5) is 15.2 Å². The summed E-state index contributed by atoms with van der Waals surface area (Å²) in [6, 6.07) is 11.3. The van der Waals surface area contributed by atoms with Crippen molar-refractivity contribution in [2.75, 3.05) is 18.0 Å². The number of alkyl carbamates (subject to hydrolysis) is 1. The predicted molar refractivity (Wildman–Crippen MR) is 114 cm³/mol. The summed E-state index contributed by atoms with van der Waals surface area (Å²) in [5.74, 6) is -0.718. The Morgan fingerprint density at radius 2 is 2.00 bits per heavy atom. The van der Waals surface area contributed by atoms with Crippen molar-refractivity contribution in [3.63, 3.8) is 0 Å². The van der Waals surface area contributed by atoms with Gasteiger partial charge in [-0.25, -0.2) is 9.18 Å². The number of nitrogens with zero attached hydrogens (tertiary/aromatic N) is 3. The molecule has 8 heteroatoms. The molecule has 4 rings (SSSR count). The lowest BCUT2D eigenvalue weighted by molar-refractivity contribution is 0.0495. The van der Waals surface area contributed by atoms with Gasteiger partial charge in [-0.3, -0.25) is 0 Å². The molecule has 0 spiro atoms. The summed E-state index contributed by atoms with van der Waals surface area (Å²) in [5, 5.41) is 12.4. The minimum Gasteiger partial charge on any atom is -0.444 e. The van der Waals surface area contributed by atoms with E-state index in [0.29, 0.717) is 29.7 Å². The van der Waals surface area contributed by atoms with E-state index >= 15 is 4.39 Å². The number of hydrogen-bond donors (Lipinski definition) is 1. The number of amides is 1. The number of benzene rings is 2. The Balaban J connectivity index is 1.60. The fraction of sp³-hybridized carbons (Fsp3) is 0.348. The zero-order valence-electron chi connectivity index (χ0n) is 17.8. The normalized spacial score (nSPS) is 14.3. The first kappa shape index (κ1) is 20.7. The minimum absolute atomic E-state index is 0.0349. The lowest BCUT2D eigenvalue weighted by atomic mass is 9.94. The van der Waals surface area contributed by atoms with Crippen LogP contribution >= 0.6 is 0 Å². The average molecular weight is 422 g/mol. The Labute approximate surface area is 179 Å². The Kier molecular flexibility index (Phi) is 5.05. The third-order valence-electron chi connectivity index (χ3n) is 5.06. The van der Waals surface area contributed by atoms with Crippen LogP contribution < -0.4 is 10.2 Å². The molecule has 2 heterocycles. The summed E-state index contributed by atoms with van der Waals surface area (Å²) in [4.78, 5) is 18.2. The van der Waals surface area contributed by atoms with Crippen LogP contribution in [0, 0.1) is 24.1 Å². The van der Waals surface area contributed by atoms with Gasteiger partial charge in [0.25, 0.3) is 6.01 Å². The van der Waals surface area contributed by atoms with Crippen LogP contribution in [-0.2, 0) is 4.74 Å². The highest BCUT2D eigenvalue weighted by atomic mass is 19.1. The van der Waals surface area contributed by atoms with E-state index in [2.05, 4.69) is 10.3 Å². The Hall–Kier alpha value is -3.60. The van der Waals surface area contributed by atoms with Crippen LogP contribution in [0.2, 0.25) is 0 Å². The monoisotopic (exact) mass is 422 g/mol. The van der Waals surface area contributed by atoms with Crippen molar-refractivity contribution in [1.82, 2.24) is 10.3 Å². The number of nitriles is 1. The molecule has 0 bridgehead atoms. The fourth-order valence-corrected chi connectivity index (χ4v) is 3.65. The second kappa shape index (κ2) is 7.58. The smallest absolute Gasteiger partial charge is 0.407 e. The first-order chi connectivity index (χ1) is 14.7. The highest BCUT2D eigenvalue weighted by Gasteiger charge is 2.34. The van der Waals surface area contributed by atoms with E-state index in [1.807, 2.05) is 36.4 Å². The number of anilines is 1. The lowest BCUT2D eigenvalue weighted by Gasteiger charge is -2.38. The van der Waals surface area contributed by atoms with Gasteiger partial charge in [-0.15, -0.1) is 0 Å². The van der Waals surface area contributed by atoms with Crippen LogP contribution in [0.15, 0.2) is 34.7 Å². The molecular weight excluding hydrogens is 399 g/mol. The zero-order chi connectivity index (χ0) is 22.3. The third kappa shape index (κ3) is 3.91. The SMILES string of the molecule is Cc1c(-c2ccccc2)c(C#N)c(F)c2oc(N3CC(NC(=O)OC(C)(C)C)C3)nc12. The molecule has 1 N–H and O–H groups in total. The number of rotatable bonds is 3. The van der Waals surface area contributed by atoms with Crippen molar-refractivity contribution < 1.29 is 18.3 Å². The summed E-state index contributed by atoms with van der Waals surface area (Å²) >= 11 is 0. The minimum atomic E-state index is -0.718. The van der Waals surface area contributed by atoms with Gasteiger partial charge < -0.3 is 19.4 Å². The lowest BCUT2D eigenvalue weighted by Crippen LogP contribution is -2.60. The zero-order valence-corrected chi connectivity index (χ0v) is 17.8. The summed E-state index contributed by atoms with van der Waals surface area (Å²) in [7, 11) is 0. The average Bonchev–Trinajstić information content (AvgIpc) is 3.11. The number of oxazole rings is 1. The largest absolute Gasteiger partial charge is 0.444 e. The maximum atomic E-state index is 15.2. The topological polar surface area (TPSA) is 91.4 Å². The number of aryl methyl sites for hydroxylation is 1. The van der Waals surface area contributed by atoms with Crippen LogP contribution in [0.3, 0.4) is 0 Å². The molecule has 31 heavy (non-hydrogen) atoms. The summed E-state index contributed by atoms with van der Waals surface area (Å²) in [6.07, 6.45) is -0.484. The van der Waals surface area contributed by atoms with E-state index in [1.165, 1.54) is 0 Å². The number of halogens is 1. The number of carbonyl (C=O) groups is 1. The van der Waals surface area contributed by atoms with E-state index in [4.69, 9.17) is 9.15 Å². The first-order valence-corrected chi connectivity index (χ1v) is 10.0. The van der Waals surface area contributed by atoms with Crippen LogP contribution in [0.25, 0.3) is 22.2 Å². The maximum absolute atomic E-state index is 15.2. The summed E-state index contributed by atoms with van der Waals surface area (Å²) in [6.45, 7) is 8.13. The van der Waals surface area contributed by atoms with Gasteiger partial charge in [0, 0.05) is 18.7 Å². The Bertz CT molecular complexity index is 1190. The van der Waals surface area contributed by atoms with E-state index < -0.39 is 17.5 Å². The van der Waals surface area contributed by atoms with Gasteiger partial charge in [-0.05, 0) is 38.8 Å². The first-order valence-electron chi connectivity index (χ1n) is 10.0. The standard InChI is InChI=1S/C23H23FN4O3/c1-13-17(14-8-6-5-7-9-14)16(10-25)18(24)20-19(13)27-21(30-20)28-11-15(12-28)26-22(29)31-23(2,3)4/h5-9,15H,11-12H2,1-4H3,(H,26,29). The second-order valence-corrected chi connectivity index (χ2v) is 8.59. The number of carbonyl (C=O) groups excluding carboxylic acids is 1. The molecule has 1 aromatic heterocycles. The van der Waals surface area contributed by atoms with Gasteiger partial charge in [0.15, 0.2) is 11.4 Å². The number of ether oxygens (including phenoxy) is 1. The van der Waals surface area contributed by atoms with E-state index in [9.17, 15) is 10.1 Å². The van der Waals surface area contributed by atoms with E-state index in [-0.39, 0.29) is 23.2 Å². The second-order valence-electron chi connectivity index (χ2n) is 8.59. The van der Waals surface area contributed by atoms with Gasteiger partial charge in [0.1, 0.15) is 17.2 Å². The molecule has 1 saturated heterocycles. The summed E-state index contributed by atoms with van der Waals surface area (Å²) in [5.41, 5.74) is 1.65. The van der Waals surface area contributed by atoms with Gasteiger partial charge in [0.05, 0.1) is 11.6 Å². The van der Waals surface area contributed by atoms with E-state index in [0.717, 1.165) is 5.56 Å². The van der Waals surface area contributed by atoms with Crippen LogP contribution in [0.5, 0.6) is 0 Å². The molecule has 0 aliphatic carbocycles. The van der Waals surface area contributed by atoms with Gasteiger partial charge in [0.2, 0.25) is 0 Å². The third-order valence-corrected chi connectivity index (χ3v) is 5.06. The molecule has 1 aliphatic rings. The van der Waals surface area contributed by atoms with Crippen LogP contribution in [0.1, 0.15) is 31.9 Å².